The maximum atomic E-state index is 12.7. The van der Waals surface area contributed by atoms with Gasteiger partial charge in [-0.25, -0.2) is 0 Å². The van der Waals surface area contributed by atoms with Crippen LogP contribution in [0.25, 0.3) is 5.69 Å². The van der Waals surface area contributed by atoms with Gasteiger partial charge in [0.05, 0.1) is 18.2 Å². The zero-order chi connectivity index (χ0) is 21.3. The topological polar surface area (TPSA) is 93.0 Å². The molecule has 0 radical (unpaired) electrons. The largest absolute Gasteiger partial charge is 0.348 e. The lowest BCUT2D eigenvalue weighted by atomic mass is 10.1. The van der Waals surface area contributed by atoms with Crippen molar-refractivity contribution in [3.8, 4) is 5.69 Å². The summed E-state index contributed by atoms with van der Waals surface area (Å²) in [6.45, 7) is 6.63. The minimum atomic E-state index is -0.398. The van der Waals surface area contributed by atoms with Crippen LogP contribution in [0.2, 0.25) is 0 Å². The number of rotatable bonds is 5. The first-order chi connectivity index (χ1) is 14.4. The number of amides is 2. The van der Waals surface area contributed by atoms with Crippen LogP contribution in [0.4, 0.5) is 5.69 Å². The van der Waals surface area contributed by atoms with Gasteiger partial charge in [0.25, 0.3) is 0 Å². The fourth-order valence-electron chi connectivity index (χ4n) is 3.54. The van der Waals surface area contributed by atoms with E-state index in [9.17, 15) is 9.59 Å². The Morgan fingerprint density at radius 1 is 1.07 bits per heavy atom. The monoisotopic (exact) mass is 404 g/mol. The van der Waals surface area contributed by atoms with Crippen molar-refractivity contribution in [1.82, 2.24) is 25.5 Å². The van der Waals surface area contributed by atoms with E-state index < -0.39 is 5.92 Å². The highest BCUT2D eigenvalue weighted by Crippen LogP contribution is 2.25. The van der Waals surface area contributed by atoms with E-state index >= 15 is 0 Å². The molecule has 3 aromatic rings. The lowest BCUT2D eigenvalue weighted by molar-refractivity contribution is -0.126. The highest BCUT2D eigenvalue weighted by molar-refractivity contribution is 6.00. The van der Waals surface area contributed by atoms with Crippen LogP contribution in [-0.2, 0) is 16.1 Å². The van der Waals surface area contributed by atoms with Crippen molar-refractivity contribution >= 4 is 17.5 Å². The van der Waals surface area contributed by atoms with E-state index in [0.717, 1.165) is 22.5 Å². The number of hydrogen-bond donors (Lipinski definition) is 1. The molecule has 154 valence electrons. The number of carbonyl (C=O) groups excluding carboxylic acids is 2. The number of aromatic nitrogens is 4. The molecule has 1 fully saturated rings. The van der Waals surface area contributed by atoms with Crippen LogP contribution in [0.3, 0.4) is 0 Å². The molecular weight excluding hydrogens is 380 g/mol. The smallest absolute Gasteiger partial charge is 0.227 e. The lowest BCUT2D eigenvalue weighted by Crippen LogP contribution is -2.33. The van der Waals surface area contributed by atoms with E-state index in [4.69, 9.17) is 0 Å². The van der Waals surface area contributed by atoms with Crippen molar-refractivity contribution in [2.45, 2.75) is 33.7 Å². The van der Waals surface area contributed by atoms with Gasteiger partial charge < -0.3 is 10.2 Å². The van der Waals surface area contributed by atoms with Crippen LogP contribution in [0, 0.1) is 26.7 Å². The van der Waals surface area contributed by atoms with E-state index in [2.05, 4.69) is 20.8 Å². The third-order valence-corrected chi connectivity index (χ3v) is 5.53. The summed E-state index contributed by atoms with van der Waals surface area (Å²) in [5.74, 6) is -0.0809. The zero-order valence-corrected chi connectivity index (χ0v) is 17.3. The standard InChI is InChI=1S/C22H24N6O2/c1-14-4-7-18(8-5-14)27-13-17(11-21(27)29)22(30)23-12-20-24-25-26-28(20)19-9-6-15(2)16(3)10-19/h4-10,17H,11-13H2,1-3H3,(H,23,30)/t17-/m1/s1. The summed E-state index contributed by atoms with van der Waals surface area (Å²) in [6.07, 6.45) is 0.196. The van der Waals surface area contributed by atoms with Crippen molar-refractivity contribution in [3.05, 3.63) is 65.0 Å². The van der Waals surface area contributed by atoms with Crippen molar-refractivity contribution in [2.75, 3.05) is 11.4 Å². The van der Waals surface area contributed by atoms with Crippen molar-refractivity contribution in [3.63, 3.8) is 0 Å². The fourth-order valence-corrected chi connectivity index (χ4v) is 3.54. The van der Waals surface area contributed by atoms with E-state index in [1.54, 1.807) is 9.58 Å². The molecule has 8 heteroatoms. The lowest BCUT2D eigenvalue weighted by Gasteiger charge is -2.17. The Bertz CT molecular complexity index is 1090. The van der Waals surface area contributed by atoms with E-state index in [1.807, 2.05) is 63.2 Å². The molecule has 1 N–H and O–H groups in total. The quantitative estimate of drug-likeness (QED) is 0.704. The van der Waals surface area contributed by atoms with Gasteiger partial charge in [0.15, 0.2) is 5.82 Å². The van der Waals surface area contributed by atoms with Crippen LogP contribution in [0.15, 0.2) is 42.5 Å². The molecule has 1 aliphatic rings. The molecule has 1 aliphatic heterocycles. The van der Waals surface area contributed by atoms with Crippen LogP contribution < -0.4 is 10.2 Å². The minimum absolute atomic E-state index is 0.0426. The molecule has 4 rings (SSSR count). The first kappa shape index (κ1) is 19.8. The van der Waals surface area contributed by atoms with Gasteiger partial charge in [-0.15, -0.1) is 5.10 Å². The molecular formula is C22H24N6O2. The second-order valence-corrected chi connectivity index (χ2v) is 7.73. The number of nitrogens with zero attached hydrogens (tertiary/aromatic N) is 5. The van der Waals surface area contributed by atoms with E-state index in [-0.39, 0.29) is 24.8 Å². The predicted molar refractivity (Wildman–Crippen MR) is 112 cm³/mol. The molecule has 0 spiro atoms. The molecule has 1 atom stereocenters. The Morgan fingerprint density at radius 3 is 2.53 bits per heavy atom. The average Bonchev–Trinajstić information content (AvgIpc) is 3.35. The Labute approximate surface area is 174 Å². The molecule has 2 heterocycles. The average molecular weight is 404 g/mol. The van der Waals surface area contributed by atoms with Gasteiger partial charge in [-0.3, -0.25) is 9.59 Å². The molecule has 2 amide bonds. The molecule has 0 bridgehead atoms. The second-order valence-electron chi connectivity index (χ2n) is 7.73. The number of tetrazole rings is 1. The Morgan fingerprint density at radius 2 is 1.80 bits per heavy atom. The number of nitrogens with one attached hydrogen (secondary N) is 1. The summed E-state index contributed by atoms with van der Waals surface area (Å²) in [4.78, 5) is 26.8. The zero-order valence-electron chi connectivity index (χ0n) is 17.3. The predicted octanol–water partition coefficient (Wildman–Crippen LogP) is 2.26. The molecule has 1 aromatic heterocycles. The summed E-state index contributed by atoms with van der Waals surface area (Å²) in [5.41, 5.74) is 5.11. The van der Waals surface area contributed by atoms with Gasteiger partial charge in [0, 0.05) is 18.7 Å². The highest BCUT2D eigenvalue weighted by Gasteiger charge is 2.35. The number of carbonyl (C=O) groups is 2. The third-order valence-electron chi connectivity index (χ3n) is 5.53. The molecule has 8 nitrogen and oxygen atoms in total. The number of anilines is 1. The molecule has 0 saturated carbocycles. The minimum Gasteiger partial charge on any atom is -0.348 e. The van der Waals surface area contributed by atoms with E-state index in [0.29, 0.717) is 12.4 Å². The van der Waals surface area contributed by atoms with Gasteiger partial charge in [-0.1, -0.05) is 23.8 Å². The van der Waals surface area contributed by atoms with Gasteiger partial charge in [-0.2, -0.15) is 4.68 Å². The summed E-state index contributed by atoms with van der Waals surface area (Å²) in [5, 5.41) is 14.7. The van der Waals surface area contributed by atoms with Gasteiger partial charge in [-0.05, 0) is 66.6 Å². The first-order valence-electron chi connectivity index (χ1n) is 9.92. The molecule has 0 unspecified atom stereocenters. The third kappa shape index (κ3) is 3.94. The maximum absolute atomic E-state index is 12.7. The summed E-state index contributed by atoms with van der Waals surface area (Å²) in [6, 6.07) is 13.7. The van der Waals surface area contributed by atoms with Gasteiger partial charge >= 0.3 is 0 Å². The number of hydrogen-bond acceptors (Lipinski definition) is 5. The number of aryl methyl sites for hydroxylation is 3. The summed E-state index contributed by atoms with van der Waals surface area (Å²) in [7, 11) is 0. The SMILES string of the molecule is Cc1ccc(N2C[C@H](C(=O)NCc3nnnn3-c3ccc(C)c(C)c3)CC2=O)cc1. The Hall–Kier alpha value is -3.55. The van der Waals surface area contributed by atoms with Crippen LogP contribution in [0.1, 0.15) is 28.9 Å². The molecule has 30 heavy (non-hydrogen) atoms. The molecule has 0 aliphatic carbocycles. The summed E-state index contributed by atoms with van der Waals surface area (Å²) >= 11 is 0. The fraction of sp³-hybridized carbons (Fsp3) is 0.318. The maximum Gasteiger partial charge on any atom is 0.227 e. The molecule has 2 aromatic carbocycles. The highest BCUT2D eigenvalue weighted by atomic mass is 16.2. The molecule has 1 saturated heterocycles. The second kappa shape index (κ2) is 8.06. The van der Waals surface area contributed by atoms with Gasteiger partial charge in [0.2, 0.25) is 11.8 Å². The van der Waals surface area contributed by atoms with Crippen molar-refractivity contribution < 1.29 is 9.59 Å². The summed E-state index contributed by atoms with van der Waals surface area (Å²) < 4.78 is 1.62. The van der Waals surface area contributed by atoms with Crippen molar-refractivity contribution in [1.29, 1.82) is 0 Å². The van der Waals surface area contributed by atoms with Crippen LogP contribution >= 0.6 is 0 Å². The van der Waals surface area contributed by atoms with Crippen LogP contribution in [0.5, 0.6) is 0 Å². The van der Waals surface area contributed by atoms with Crippen LogP contribution in [-0.4, -0.2) is 38.6 Å². The van der Waals surface area contributed by atoms with Crippen molar-refractivity contribution in [2.24, 2.45) is 5.92 Å². The van der Waals surface area contributed by atoms with E-state index in [1.165, 1.54) is 5.56 Å². The first-order valence-corrected chi connectivity index (χ1v) is 9.92. The number of benzene rings is 2. The normalized spacial score (nSPS) is 16.2. The van der Waals surface area contributed by atoms with Gasteiger partial charge in [0.1, 0.15) is 0 Å². The Kier molecular flexibility index (Phi) is 5.31. The Balaban J connectivity index is 1.41.